The predicted octanol–water partition coefficient (Wildman–Crippen LogP) is 3.70. The molecule has 1 aromatic rings. The van der Waals surface area contributed by atoms with Gasteiger partial charge in [-0.3, -0.25) is 4.79 Å². The molecule has 2 aliphatic rings. The van der Waals surface area contributed by atoms with Gasteiger partial charge in [0.1, 0.15) is 5.75 Å². The molecule has 23 heavy (non-hydrogen) atoms. The van der Waals surface area contributed by atoms with E-state index in [-0.39, 0.29) is 22.9 Å². The molecule has 1 aromatic carbocycles. The Bertz CT molecular complexity index is 479. The molecule has 2 fully saturated rings. The molecule has 0 N–H and O–H groups in total. The molecule has 2 aliphatic carbocycles. The number of hydrogen-bond acceptors (Lipinski definition) is 2. The van der Waals surface area contributed by atoms with Crippen LogP contribution in [0.2, 0.25) is 0 Å². The molecule has 0 saturated heterocycles. The van der Waals surface area contributed by atoms with Crippen LogP contribution in [-0.2, 0) is 21.9 Å². The second-order valence-corrected chi connectivity index (χ2v) is 4.58. The van der Waals surface area contributed by atoms with Crippen molar-refractivity contribution in [3.8, 4) is 5.75 Å². The summed E-state index contributed by atoms with van der Waals surface area (Å²) in [5.41, 5.74) is 0.898. The first-order chi connectivity index (χ1) is 10.8. The average molecular weight is 346 g/mol. The molecule has 116 valence electrons. The molecule has 2 nitrogen and oxygen atoms in total. The Labute approximate surface area is 151 Å². The van der Waals surface area contributed by atoms with Crippen LogP contribution >= 0.6 is 0 Å². The van der Waals surface area contributed by atoms with Gasteiger partial charge in [0.15, 0.2) is 5.78 Å². The van der Waals surface area contributed by atoms with Gasteiger partial charge in [-0.05, 0) is 76.0 Å². The summed E-state index contributed by atoms with van der Waals surface area (Å²) >= 11 is 0. The first-order valence-corrected chi connectivity index (χ1v) is 7.05. The summed E-state index contributed by atoms with van der Waals surface area (Å²) in [6.07, 6.45) is 20.6. The molecule has 10 radical (unpaired) electrons. The van der Waals surface area contributed by atoms with E-state index in [1.54, 1.807) is 32.1 Å². The number of carbonyl (C=O) groups excluding carboxylic acids is 1. The normalized spacial score (nSPS) is 17.4. The third-order valence-electron chi connectivity index (χ3n) is 3.06. The maximum absolute atomic E-state index is 11.8. The molecule has 3 rings (SSSR count). The smallest absolute Gasteiger partial charge is 0.496 e. The molecule has 0 spiro atoms. The number of para-hydroxylation sites is 1. The van der Waals surface area contributed by atoms with Crippen LogP contribution in [0.3, 0.4) is 0 Å². The summed E-state index contributed by atoms with van der Waals surface area (Å²) in [7, 11) is 1.62. The van der Waals surface area contributed by atoms with Gasteiger partial charge in [0, 0.05) is 5.56 Å². The molecule has 0 bridgehead atoms. The van der Waals surface area contributed by atoms with E-state index < -0.39 is 0 Å². The van der Waals surface area contributed by atoms with Crippen LogP contribution in [0.15, 0.2) is 30.3 Å². The summed E-state index contributed by atoms with van der Waals surface area (Å²) in [6.45, 7) is 0. The minimum atomic E-state index is 0. The van der Waals surface area contributed by atoms with Crippen molar-refractivity contribution in [1.82, 2.24) is 0 Å². The van der Waals surface area contributed by atoms with E-state index in [1.165, 1.54) is 0 Å². The van der Waals surface area contributed by atoms with Gasteiger partial charge < -0.3 is 4.74 Å². The van der Waals surface area contributed by atoms with Crippen molar-refractivity contribution in [1.29, 1.82) is 0 Å². The quantitative estimate of drug-likeness (QED) is 0.614. The minimum Gasteiger partial charge on any atom is -0.496 e. The van der Waals surface area contributed by atoms with Gasteiger partial charge in [0.2, 0.25) is 0 Å². The van der Waals surface area contributed by atoms with Crippen molar-refractivity contribution >= 4 is 11.9 Å². The van der Waals surface area contributed by atoms with E-state index in [9.17, 15) is 4.79 Å². The summed E-state index contributed by atoms with van der Waals surface area (Å²) < 4.78 is 5.21. The summed E-state index contributed by atoms with van der Waals surface area (Å²) in [5, 5.41) is 0. The second-order valence-electron chi connectivity index (χ2n) is 4.58. The first kappa shape index (κ1) is 20.0. The monoisotopic (exact) mass is 346 g/mol. The Kier molecular flexibility index (Phi) is 9.98. The Morgan fingerprint density at radius 1 is 0.913 bits per heavy atom. The molecule has 3 heteroatoms. The van der Waals surface area contributed by atoms with E-state index in [4.69, 9.17) is 4.74 Å². The van der Waals surface area contributed by atoms with E-state index in [2.05, 4.69) is 0 Å². The van der Waals surface area contributed by atoms with Crippen LogP contribution in [0.4, 0.5) is 0 Å². The fourth-order valence-electron chi connectivity index (χ4n) is 1.92. The zero-order chi connectivity index (χ0) is 15.6. The van der Waals surface area contributed by atoms with Gasteiger partial charge in [0.25, 0.3) is 0 Å². The molecule has 0 atom stereocenters. The number of rotatable bonds is 4. The molecule has 2 saturated carbocycles. The van der Waals surface area contributed by atoms with E-state index in [1.807, 2.05) is 69.2 Å². The number of ether oxygens (including phenoxy) is 1. The van der Waals surface area contributed by atoms with Crippen molar-refractivity contribution < 1.29 is 26.6 Å². The van der Waals surface area contributed by atoms with Crippen molar-refractivity contribution in [2.45, 2.75) is 0 Å². The molecule has 0 amide bonds. The molecule has 0 aliphatic heterocycles. The van der Waals surface area contributed by atoms with Crippen LogP contribution in [0, 0.1) is 63.7 Å². The fraction of sp³-hybridized carbons (Fsp3) is 0.0500. The second kappa shape index (κ2) is 11.5. The molecular formula is C20H18FeO2+2. The number of ketones is 1. The van der Waals surface area contributed by atoms with Gasteiger partial charge in [-0.1, -0.05) is 18.2 Å². The van der Waals surface area contributed by atoms with Gasteiger partial charge in [-0.25, -0.2) is 0 Å². The van der Waals surface area contributed by atoms with Crippen LogP contribution < -0.4 is 4.74 Å². The molecule has 0 unspecified atom stereocenters. The van der Waals surface area contributed by atoms with Crippen molar-refractivity contribution in [2.75, 3.05) is 7.11 Å². The van der Waals surface area contributed by atoms with Crippen molar-refractivity contribution in [3.05, 3.63) is 99.6 Å². The summed E-state index contributed by atoms with van der Waals surface area (Å²) in [5.74, 6) is 1.47. The SMILES string of the molecule is COc1ccccc1/C=C/C(=O)[C]1[CH][CH][CH][CH]1.[CH]1[CH][CH][CH][CH]1.[Fe+2]. The predicted molar refractivity (Wildman–Crippen MR) is 89.0 cm³/mol. The van der Waals surface area contributed by atoms with Crippen LogP contribution in [0.25, 0.3) is 6.08 Å². The van der Waals surface area contributed by atoms with E-state index >= 15 is 0 Å². The molecular weight excluding hydrogens is 328 g/mol. The Morgan fingerprint density at radius 2 is 1.48 bits per heavy atom. The van der Waals surface area contributed by atoms with Crippen molar-refractivity contribution in [2.24, 2.45) is 0 Å². The number of benzene rings is 1. The Balaban J connectivity index is 0.000000377. The number of allylic oxidation sites excluding steroid dienone is 1. The number of carbonyl (C=O) groups is 1. The van der Waals surface area contributed by atoms with Gasteiger partial charge in [0.05, 0.1) is 13.0 Å². The van der Waals surface area contributed by atoms with Crippen LogP contribution in [0.5, 0.6) is 5.75 Å². The first-order valence-electron chi connectivity index (χ1n) is 7.05. The zero-order valence-electron chi connectivity index (χ0n) is 12.8. The Hall–Kier alpha value is -1.05. The van der Waals surface area contributed by atoms with E-state index in [0.717, 1.165) is 11.3 Å². The van der Waals surface area contributed by atoms with Crippen LogP contribution in [0.1, 0.15) is 5.56 Å². The van der Waals surface area contributed by atoms with Crippen molar-refractivity contribution in [3.63, 3.8) is 0 Å². The van der Waals surface area contributed by atoms with Gasteiger partial charge >= 0.3 is 17.1 Å². The third-order valence-corrected chi connectivity index (χ3v) is 3.06. The standard InChI is InChI=1S/C15H13O2.C5H5.Fe/c1-17-15-9-5-4-8-13(15)10-11-14(16)12-6-2-3-7-12;1-2-4-5-3-1;/h2-11H,1H3;1-5H;/q;;+2/b11-10+;;. The van der Waals surface area contributed by atoms with Crippen LogP contribution in [-0.4, -0.2) is 12.9 Å². The molecule has 0 aromatic heterocycles. The summed E-state index contributed by atoms with van der Waals surface area (Å²) in [4.78, 5) is 11.8. The third kappa shape index (κ3) is 6.93. The number of methoxy groups -OCH3 is 1. The number of hydrogen-bond donors (Lipinski definition) is 0. The zero-order valence-corrected chi connectivity index (χ0v) is 13.9. The van der Waals surface area contributed by atoms with Gasteiger partial charge in [-0.15, -0.1) is 0 Å². The van der Waals surface area contributed by atoms with E-state index in [0.29, 0.717) is 5.92 Å². The maximum atomic E-state index is 11.8. The Morgan fingerprint density at radius 3 is 2.04 bits per heavy atom. The largest absolute Gasteiger partial charge is 2.00 e. The minimum absolute atomic E-state index is 0. The topological polar surface area (TPSA) is 26.3 Å². The van der Waals surface area contributed by atoms with Gasteiger partial charge in [-0.2, -0.15) is 0 Å². The fourth-order valence-corrected chi connectivity index (χ4v) is 1.92. The summed E-state index contributed by atoms with van der Waals surface area (Å²) in [6, 6.07) is 7.59. The average Bonchev–Trinajstić information content (AvgIpc) is 3.28. The maximum Gasteiger partial charge on any atom is 2.00 e. The molecule has 0 heterocycles.